The van der Waals surface area contributed by atoms with Crippen LogP contribution in [0, 0.1) is 5.82 Å². The molecule has 0 bridgehead atoms. The number of fused-ring (bicyclic) bond motifs is 1. The van der Waals surface area contributed by atoms with Crippen LogP contribution in [0.5, 0.6) is 5.75 Å². The molecule has 1 saturated heterocycles. The molecule has 8 nitrogen and oxygen atoms in total. The summed E-state index contributed by atoms with van der Waals surface area (Å²) in [5, 5.41) is 9.39. The number of halogens is 1. The van der Waals surface area contributed by atoms with E-state index in [2.05, 4.69) is 5.48 Å². The Bertz CT molecular complexity index is 962. The summed E-state index contributed by atoms with van der Waals surface area (Å²) >= 11 is 0. The predicted octanol–water partition coefficient (Wildman–Crippen LogP) is 1.52. The molecule has 2 aliphatic rings. The SMILES string of the molecule is COc1c(N2CCNOCC2)c(F)cc2c(=O)c(C(=O)O)cn(C3CC3)c12. The van der Waals surface area contributed by atoms with Gasteiger partial charge in [0, 0.05) is 31.9 Å². The summed E-state index contributed by atoms with van der Waals surface area (Å²) in [6.45, 7) is 1.83. The highest BCUT2D eigenvalue weighted by Crippen LogP contribution is 2.43. The summed E-state index contributed by atoms with van der Waals surface area (Å²) < 4.78 is 22.4. The monoisotopic (exact) mass is 377 g/mol. The zero-order valence-corrected chi connectivity index (χ0v) is 14.8. The van der Waals surface area contributed by atoms with Crippen LogP contribution in [0.15, 0.2) is 17.1 Å². The standard InChI is InChI=1S/C18H20FN3O5/c1-26-17-14-11(8-13(19)15(17)21-5-4-20-27-7-6-21)16(23)12(18(24)25)9-22(14)10-2-3-10/h8-10,20H,2-7H2,1H3,(H,24,25). The number of carboxylic acid groups (broad SMARTS) is 1. The smallest absolute Gasteiger partial charge is 0.341 e. The van der Waals surface area contributed by atoms with E-state index in [0.717, 1.165) is 18.9 Å². The second-order valence-electron chi connectivity index (χ2n) is 6.68. The highest BCUT2D eigenvalue weighted by atomic mass is 19.1. The topological polar surface area (TPSA) is 93.0 Å². The number of nitrogens with one attached hydrogen (secondary N) is 1. The number of hydrogen-bond acceptors (Lipinski definition) is 6. The number of hydroxylamine groups is 1. The summed E-state index contributed by atoms with van der Waals surface area (Å²) in [4.78, 5) is 31.2. The van der Waals surface area contributed by atoms with Crippen molar-refractivity contribution in [3.05, 3.63) is 33.9 Å². The van der Waals surface area contributed by atoms with E-state index in [0.29, 0.717) is 31.8 Å². The molecule has 9 heteroatoms. The lowest BCUT2D eigenvalue weighted by molar-refractivity contribution is 0.0589. The Morgan fingerprint density at radius 2 is 2.19 bits per heavy atom. The molecule has 144 valence electrons. The Kier molecular flexibility index (Phi) is 4.48. The van der Waals surface area contributed by atoms with Gasteiger partial charge in [0.15, 0.2) is 11.6 Å². The third kappa shape index (κ3) is 3.02. The molecule has 0 radical (unpaired) electrons. The number of pyridine rings is 1. The van der Waals surface area contributed by atoms with Gasteiger partial charge in [-0.05, 0) is 18.9 Å². The molecule has 0 spiro atoms. The van der Waals surface area contributed by atoms with Crippen molar-refractivity contribution < 1.29 is 23.9 Å². The maximum absolute atomic E-state index is 15.1. The van der Waals surface area contributed by atoms with Gasteiger partial charge in [-0.2, -0.15) is 0 Å². The number of hydrogen-bond donors (Lipinski definition) is 2. The van der Waals surface area contributed by atoms with Crippen molar-refractivity contribution in [2.45, 2.75) is 18.9 Å². The lowest BCUT2D eigenvalue weighted by atomic mass is 10.1. The van der Waals surface area contributed by atoms with Crippen LogP contribution in [-0.4, -0.2) is 49.0 Å². The largest absolute Gasteiger partial charge is 0.492 e. The van der Waals surface area contributed by atoms with Gasteiger partial charge in [0.1, 0.15) is 11.3 Å². The fourth-order valence-electron chi connectivity index (χ4n) is 3.54. The number of carboxylic acids is 1. The van der Waals surface area contributed by atoms with E-state index < -0.39 is 17.2 Å². The number of aromatic carboxylic acids is 1. The van der Waals surface area contributed by atoms with Crippen molar-refractivity contribution in [1.29, 1.82) is 0 Å². The van der Waals surface area contributed by atoms with Gasteiger partial charge in [-0.1, -0.05) is 0 Å². The summed E-state index contributed by atoms with van der Waals surface area (Å²) in [7, 11) is 1.43. The van der Waals surface area contributed by atoms with Crippen LogP contribution in [0.25, 0.3) is 10.9 Å². The van der Waals surface area contributed by atoms with Crippen molar-refractivity contribution in [2.24, 2.45) is 0 Å². The lowest BCUT2D eigenvalue weighted by Crippen LogP contribution is -2.30. The fraction of sp³-hybridized carbons (Fsp3) is 0.444. The molecule has 1 aliphatic heterocycles. The van der Waals surface area contributed by atoms with Gasteiger partial charge in [0.05, 0.1) is 24.6 Å². The van der Waals surface area contributed by atoms with Gasteiger partial charge in [-0.25, -0.2) is 14.7 Å². The highest BCUT2D eigenvalue weighted by molar-refractivity contribution is 5.97. The van der Waals surface area contributed by atoms with E-state index in [1.165, 1.54) is 13.3 Å². The van der Waals surface area contributed by atoms with Crippen molar-refractivity contribution in [2.75, 3.05) is 38.3 Å². The van der Waals surface area contributed by atoms with E-state index in [-0.39, 0.29) is 28.4 Å². The summed E-state index contributed by atoms with van der Waals surface area (Å²) in [5.74, 6) is -1.70. The Morgan fingerprint density at radius 1 is 1.41 bits per heavy atom. The van der Waals surface area contributed by atoms with Crippen LogP contribution in [0.1, 0.15) is 29.2 Å². The Labute approximate surface area is 154 Å². The van der Waals surface area contributed by atoms with Gasteiger partial charge in [-0.3, -0.25) is 9.63 Å². The molecule has 0 unspecified atom stereocenters. The third-order valence-corrected chi connectivity index (χ3v) is 4.94. The first-order valence-corrected chi connectivity index (χ1v) is 8.81. The molecule has 2 N–H and O–H groups in total. The van der Waals surface area contributed by atoms with Crippen molar-refractivity contribution in [3.8, 4) is 5.75 Å². The van der Waals surface area contributed by atoms with Crippen LogP contribution in [0.3, 0.4) is 0 Å². The Morgan fingerprint density at radius 3 is 2.85 bits per heavy atom. The van der Waals surface area contributed by atoms with E-state index in [4.69, 9.17) is 9.57 Å². The van der Waals surface area contributed by atoms with E-state index in [1.54, 1.807) is 9.47 Å². The zero-order valence-electron chi connectivity index (χ0n) is 14.8. The van der Waals surface area contributed by atoms with Gasteiger partial charge >= 0.3 is 5.97 Å². The number of nitrogens with zero attached hydrogens (tertiary/aromatic N) is 2. The maximum Gasteiger partial charge on any atom is 0.341 e. The van der Waals surface area contributed by atoms with Crippen LogP contribution < -0.4 is 20.5 Å². The first-order chi connectivity index (χ1) is 13.0. The Hall–Kier alpha value is -2.65. The minimum absolute atomic E-state index is 0.0177. The van der Waals surface area contributed by atoms with Crippen LogP contribution in [0.2, 0.25) is 0 Å². The van der Waals surface area contributed by atoms with E-state index in [1.807, 2.05) is 0 Å². The molecule has 4 rings (SSSR count). The molecule has 1 aliphatic carbocycles. The molecule has 0 atom stereocenters. The number of carbonyl (C=O) groups is 1. The fourth-order valence-corrected chi connectivity index (χ4v) is 3.54. The van der Waals surface area contributed by atoms with Crippen LogP contribution in [0.4, 0.5) is 10.1 Å². The second kappa shape index (κ2) is 6.82. The van der Waals surface area contributed by atoms with Gasteiger partial charge < -0.3 is 19.3 Å². The molecular formula is C18H20FN3O5. The molecule has 1 aromatic heterocycles. The molecule has 2 heterocycles. The summed E-state index contributed by atoms with van der Waals surface area (Å²) in [6, 6.07) is 1.20. The van der Waals surface area contributed by atoms with Crippen LogP contribution in [-0.2, 0) is 4.84 Å². The first kappa shape index (κ1) is 17.7. The van der Waals surface area contributed by atoms with E-state index in [9.17, 15) is 14.7 Å². The van der Waals surface area contributed by atoms with Gasteiger partial charge in [0.2, 0.25) is 5.43 Å². The highest BCUT2D eigenvalue weighted by Gasteiger charge is 2.31. The zero-order chi connectivity index (χ0) is 19.1. The molecule has 1 saturated carbocycles. The van der Waals surface area contributed by atoms with Crippen molar-refractivity contribution in [3.63, 3.8) is 0 Å². The average Bonchev–Trinajstić information content (AvgIpc) is 3.48. The third-order valence-electron chi connectivity index (χ3n) is 4.94. The first-order valence-electron chi connectivity index (χ1n) is 8.81. The average molecular weight is 377 g/mol. The predicted molar refractivity (Wildman–Crippen MR) is 96.1 cm³/mol. The Balaban J connectivity index is 2.03. The molecule has 0 amide bonds. The second-order valence-corrected chi connectivity index (χ2v) is 6.68. The number of ether oxygens (including phenoxy) is 1. The van der Waals surface area contributed by atoms with Gasteiger partial charge in [-0.15, -0.1) is 0 Å². The quantitative estimate of drug-likeness (QED) is 0.835. The minimum Gasteiger partial charge on any atom is -0.492 e. The molecular weight excluding hydrogens is 357 g/mol. The normalized spacial score (nSPS) is 17.8. The molecule has 2 aromatic rings. The van der Waals surface area contributed by atoms with Crippen molar-refractivity contribution >= 4 is 22.6 Å². The summed E-state index contributed by atoms with van der Waals surface area (Å²) in [5.41, 5.74) is 2.40. The summed E-state index contributed by atoms with van der Waals surface area (Å²) in [6.07, 6.45) is 3.09. The van der Waals surface area contributed by atoms with Crippen molar-refractivity contribution in [1.82, 2.24) is 10.0 Å². The number of methoxy groups -OCH3 is 1. The number of rotatable bonds is 4. The van der Waals surface area contributed by atoms with E-state index >= 15 is 4.39 Å². The lowest BCUT2D eigenvalue weighted by Gasteiger charge is -2.26. The maximum atomic E-state index is 15.1. The number of anilines is 1. The number of benzene rings is 1. The molecule has 2 fully saturated rings. The molecule has 1 aromatic carbocycles. The van der Waals surface area contributed by atoms with Gasteiger partial charge in [0.25, 0.3) is 0 Å². The van der Waals surface area contributed by atoms with Crippen LogP contribution >= 0.6 is 0 Å². The number of aromatic nitrogens is 1. The molecule has 27 heavy (non-hydrogen) atoms. The minimum atomic E-state index is -1.32.